The van der Waals surface area contributed by atoms with Crippen molar-refractivity contribution in [2.75, 3.05) is 6.61 Å². The monoisotopic (exact) mass is 462 g/mol. The van der Waals surface area contributed by atoms with Crippen molar-refractivity contribution >= 4 is 5.91 Å². The molecule has 0 spiro atoms. The average Bonchev–Trinajstić information content (AvgIpc) is 3.19. The van der Waals surface area contributed by atoms with Gasteiger partial charge in [-0.05, 0) is 48.7 Å². The zero-order valence-electron chi connectivity index (χ0n) is 18.4. The molecular formula is C23H25F3N4O3. The third-order valence-corrected chi connectivity index (χ3v) is 4.81. The van der Waals surface area contributed by atoms with Gasteiger partial charge in [0, 0.05) is 19.4 Å². The first-order chi connectivity index (χ1) is 15.6. The lowest BCUT2D eigenvalue weighted by Crippen LogP contribution is -2.38. The first-order valence-corrected chi connectivity index (χ1v) is 10.3. The van der Waals surface area contributed by atoms with Crippen LogP contribution in [0.25, 0.3) is 11.3 Å². The summed E-state index contributed by atoms with van der Waals surface area (Å²) in [5.74, 6) is 0.109. The van der Waals surface area contributed by atoms with Crippen LogP contribution in [0.1, 0.15) is 36.2 Å². The number of nitrogens with one attached hydrogen (secondary N) is 1. The Labute approximate surface area is 189 Å². The van der Waals surface area contributed by atoms with Crippen LogP contribution in [-0.4, -0.2) is 38.4 Å². The van der Waals surface area contributed by atoms with Crippen molar-refractivity contribution < 1.29 is 27.8 Å². The Morgan fingerprint density at radius 2 is 1.91 bits per heavy atom. The van der Waals surface area contributed by atoms with Gasteiger partial charge in [-0.1, -0.05) is 13.8 Å². The van der Waals surface area contributed by atoms with E-state index in [1.54, 1.807) is 30.1 Å². The van der Waals surface area contributed by atoms with Crippen LogP contribution in [0.4, 0.5) is 13.2 Å². The summed E-state index contributed by atoms with van der Waals surface area (Å²) >= 11 is 0. The number of hydrogen-bond acceptors (Lipinski definition) is 5. The number of nitrogens with zero attached hydrogens (tertiary/aromatic N) is 3. The van der Waals surface area contributed by atoms with Gasteiger partial charge in [0.25, 0.3) is 5.91 Å². The summed E-state index contributed by atoms with van der Waals surface area (Å²) in [7, 11) is 1.72. The van der Waals surface area contributed by atoms with E-state index in [0.717, 1.165) is 12.1 Å². The topological polar surface area (TPSA) is 89.3 Å². The Bertz CT molecular complexity index is 1100. The lowest BCUT2D eigenvalue weighted by Gasteiger charge is -2.18. The van der Waals surface area contributed by atoms with Crippen LogP contribution in [-0.2, 0) is 13.2 Å². The van der Waals surface area contributed by atoms with Crippen LogP contribution in [0.3, 0.4) is 0 Å². The molecule has 2 aromatic heterocycles. The first-order valence-electron chi connectivity index (χ1n) is 10.3. The van der Waals surface area contributed by atoms with Gasteiger partial charge in [0.05, 0.1) is 35.0 Å². The molecule has 0 aliphatic heterocycles. The normalized spacial score (nSPS) is 12.6. The van der Waals surface area contributed by atoms with Gasteiger partial charge >= 0.3 is 6.18 Å². The number of carbonyl (C=O) groups is 1. The smallest absolute Gasteiger partial charge is 0.416 e. The molecule has 0 aliphatic carbocycles. The van der Waals surface area contributed by atoms with Gasteiger partial charge in [0.15, 0.2) is 0 Å². The third kappa shape index (κ3) is 6.32. The number of aliphatic hydroxyl groups is 1. The number of aryl methyl sites for hydroxylation is 1. The van der Waals surface area contributed by atoms with E-state index in [1.165, 1.54) is 18.3 Å². The standard InChI is InChI=1S/C23H25F3N4O3/c1-14(2)10-17(13-31)28-21(32)15-11-19(20-8-9-30(3)29-20)22(27-12-15)33-18-6-4-16(5-7-18)23(24,25)26/h4-9,11-12,14,17,31H,10,13H2,1-3H3,(H,28,32)/t17-/m0/s1. The van der Waals surface area contributed by atoms with Gasteiger partial charge in [-0.15, -0.1) is 0 Å². The molecule has 1 aromatic carbocycles. The van der Waals surface area contributed by atoms with E-state index >= 15 is 0 Å². The molecule has 0 aliphatic rings. The van der Waals surface area contributed by atoms with E-state index in [0.29, 0.717) is 17.7 Å². The number of halogens is 3. The van der Waals surface area contributed by atoms with Crippen LogP contribution in [0, 0.1) is 5.92 Å². The van der Waals surface area contributed by atoms with E-state index in [4.69, 9.17) is 4.74 Å². The molecule has 3 rings (SSSR count). The van der Waals surface area contributed by atoms with Crippen molar-refractivity contribution in [3.8, 4) is 22.9 Å². The molecule has 0 saturated carbocycles. The number of rotatable bonds is 8. The van der Waals surface area contributed by atoms with E-state index < -0.39 is 23.7 Å². The van der Waals surface area contributed by atoms with Gasteiger partial charge < -0.3 is 15.2 Å². The number of hydrogen-bond donors (Lipinski definition) is 2. The summed E-state index contributed by atoms with van der Waals surface area (Å²) in [6.07, 6.45) is -0.829. The number of amides is 1. The molecule has 7 nitrogen and oxygen atoms in total. The number of pyridine rings is 1. The number of alkyl halides is 3. The van der Waals surface area contributed by atoms with Gasteiger partial charge in [0.1, 0.15) is 5.75 Å². The number of aliphatic hydroxyl groups excluding tert-OH is 1. The zero-order chi connectivity index (χ0) is 24.2. The summed E-state index contributed by atoms with van der Waals surface area (Å²) in [6, 6.07) is 7.08. The number of benzene rings is 1. The molecule has 10 heteroatoms. The quantitative estimate of drug-likeness (QED) is 0.517. The molecule has 2 heterocycles. The highest BCUT2D eigenvalue weighted by Crippen LogP contribution is 2.34. The molecule has 0 unspecified atom stereocenters. The van der Waals surface area contributed by atoms with Crippen molar-refractivity contribution in [2.24, 2.45) is 13.0 Å². The highest BCUT2D eigenvalue weighted by atomic mass is 19.4. The maximum absolute atomic E-state index is 12.8. The minimum atomic E-state index is -4.45. The summed E-state index contributed by atoms with van der Waals surface area (Å²) in [5, 5.41) is 16.7. The van der Waals surface area contributed by atoms with Crippen LogP contribution in [0.15, 0.2) is 48.8 Å². The summed E-state index contributed by atoms with van der Waals surface area (Å²) in [5.41, 5.74) is 0.312. The minimum absolute atomic E-state index is 0.0888. The van der Waals surface area contributed by atoms with Crippen LogP contribution >= 0.6 is 0 Å². The number of ether oxygens (including phenoxy) is 1. The minimum Gasteiger partial charge on any atom is -0.438 e. The van der Waals surface area contributed by atoms with Crippen molar-refractivity contribution in [3.63, 3.8) is 0 Å². The fraction of sp³-hybridized carbons (Fsp3) is 0.348. The lowest BCUT2D eigenvalue weighted by atomic mass is 10.0. The molecule has 1 atom stereocenters. The Balaban J connectivity index is 1.90. The maximum atomic E-state index is 12.8. The number of carbonyl (C=O) groups excluding carboxylic acids is 1. The average molecular weight is 462 g/mol. The Hall–Kier alpha value is -3.40. The molecule has 33 heavy (non-hydrogen) atoms. The lowest BCUT2D eigenvalue weighted by molar-refractivity contribution is -0.137. The van der Waals surface area contributed by atoms with Gasteiger partial charge in [-0.2, -0.15) is 18.3 Å². The third-order valence-electron chi connectivity index (χ3n) is 4.81. The first kappa shape index (κ1) is 24.2. The van der Waals surface area contributed by atoms with Crippen LogP contribution < -0.4 is 10.1 Å². The summed E-state index contributed by atoms with van der Waals surface area (Å²) in [6.45, 7) is 3.78. The van der Waals surface area contributed by atoms with Gasteiger partial charge in [-0.25, -0.2) is 4.98 Å². The van der Waals surface area contributed by atoms with Crippen LogP contribution in [0.5, 0.6) is 11.6 Å². The highest BCUT2D eigenvalue weighted by molar-refractivity contribution is 5.95. The predicted molar refractivity (Wildman–Crippen MR) is 116 cm³/mol. The molecule has 0 saturated heterocycles. The van der Waals surface area contributed by atoms with Gasteiger partial charge in [-0.3, -0.25) is 9.48 Å². The second-order valence-corrected chi connectivity index (χ2v) is 8.06. The Morgan fingerprint density at radius 1 is 1.21 bits per heavy atom. The molecule has 1 amide bonds. The SMILES string of the molecule is CC(C)C[C@@H](CO)NC(=O)c1cnc(Oc2ccc(C(F)(F)F)cc2)c(-c2ccn(C)n2)c1. The largest absolute Gasteiger partial charge is 0.438 e. The second kappa shape index (κ2) is 10.0. The van der Waals surface area contributed by atoms with E-state index in [-0.39, 0.29) is 29.7 Å². The fourth-order valence-corrected chi connectivity index (χ4v) is 3.24. The molecule has 0 fully saturated rings. The Morgan fingerprint density at radius 3 is 2.45 bits per heavy atom. The van der Waals surface area contributed by atoms with E-state index in [2.05, 4.69) is 15.4 Å². The van der Waals surface area contributed by atoms with Crippen molar-refractivity contribution in [1.82, 2.24) is 20.1 Å². The fourth-order valence-electron chi connectivity index (χ4n) is 3.24. The van der Waals surface area contributed by atoms with Crippen molar-refractivity contribution in [2.45, 2.75) is 32.5 Å². The molecule has 0 radical (unpaired) electrons. The summed E-state index contributed by atoms with van der Waals surface area (Å²) < 4.78 is 45.8. The highest BCUT2D eigenvalue weighted by Gasteiger charge is 2.30. The molecule has 3 aromatic rings. The second-order valence-electron chi connectivity index (χ2n) is 8.06. The van der Waals surface area contributed by atoms with E-state index in [1.807, 2.05) is 13.8 Å². The van der Waals surface area contributed by atoms with E-state index in [9.17, 15) is 23.1 Å². The molecule has 176 valence electrons. The molecule has 2 N–H and O–H groups in total. The Kier molecular flexibility index (Phi) is 7.37. The van der Waals surface area contributed by atoms with Crippen LogP contribution in [0.2, 0.25) is 0 Å². The maximum Gasteiger partial charge on any atom is 0.416 e. The molecule has 0 bridgehead atoms. The van der Waals surface area contributed by atoms with Crippen molar-refractivity contribution in [1.29, 1.82) is 0 Å². The zero-order valence-corrected chi connectivity index (χ0v) is 18.4. The summed E-state index contributed by atoms with van der Waals surface area (Å²) in [4.78, 5) is 17.0. The number of aromatic nitrogens is 3. The predicted octanol–water partition coefficient (Wildman–Crippen LogP) is 4.43. The van der Waals surface area contributed by atoms with Gasteiger partial charge in [0.2, 0.25) is 5.88 Å². The molecular weight excluding hydrogens is 437 g/mol. The van der Waals surface area contributed by atoms with Crippen molar-refractivity contribution in [3.05, 3.63) is 59.9 Å².